The van der Waals surface area contributed by atoms with Crippen LogP contribution in [-0.4, -0.2) is 17.5 Å². The van der Waals surface area contributed by atoms with Gasteiger partial charge in [-0.15, -0.1) is 0 Å². The molecule has 0 fully saturated rings. The number of aliphatic hydroxyl groups is 1. The summed E-state index contributed by atoms with van der Waals surface area (Å²) in [6.07, 6.45) is -1.06. The Hall–Kier alpha value is -1.29. The Morgan fingerprint density at radius 2 is 2.15 bits per heavy atom. The van der Waals surface area contributed by atoms with Crippen molar-refractivity contribution in [3.8, 4) is 0 Å². The first-order valence-corrected chi connectivity index (χ1v) is 3.71. The van der Waals surface area contributed by atoms with E-state index in [1.807, 2.05) is 0 Å². The molecule has 0 aliphatic rings. The van der Waals surface area contributed by atoms with Crippen LogP contribution >= 0.6 is 0 Å². The lowest BCUT2D eigenvalue weighted by atomic mass is 10.1. The van der Waals surface area contributed by atoms with Crippen molar-refractivity contribution in [2.24, 2.45) is 0 Å². The monoisotopic (exact) mass is 186 g/mol. The maximum absolute atomic E-state index is 12.9. The van der Waals surface area contributed by atoms with E-state index in [1.54, 1.807) is 0 Å². The Morgan fingerprint density at radius 3 is 2.69 bits per heavy atom. The van der Waals surface area contributed by atoms with E-state index in [2.05, 4.69) is 0 Å². The van der Waals surface area contributed by atoms with Crippen LogP contribution in [0.3, 0.4) is 0 Å². The molecule has 0 aliphatic carbocycles. The fraction of sp³-hybridized carbons (Fsp3) is 0.222. The van der Waals surface area contributed by atoms with E-state index in [0.29, 0.717) is 12.4 Å². The smallest absolute Gasteiger partial charge is 0.148 e. The fourth-order valence-electron chi connectivity index (χ4n) is 0.961. The highest BCUT2D eigenvalue weighted by Gasteiger charge is 2.08. The predicted molar refractivity (Wildman–Crippen MR) is 42.1 cm³/mol. The van der Waals surface area contributed by atoms with Crippen LogP contribution in [0.15, 0.2) is 18.2 Å². The van der Waals surface area contributed by atoms with Gasteiger partial charge in [0.15, 0.2) is 0 Å². The van der Waals surface area contributed by atoms with E-state index in [-0.39, 0.29) is 12.0 Å². The van der Waals surface area contributed by atoms with E-state index in [0.717, 1.165) is 6.07 Å². The van der Waals surface area contributed by atoms with Crippen molar-refractivity contribution in [3.05, 3.63) is 35.4 Å². The Kier molecular flexibility index (Phi) is 3.08. The number of carbonyl (C=O) groups is 1. The minimum Gasteiger partial charge on any atom is -0.385 e. The molecule has 4 heteroatoms. The summed E-state index contributed by atoms with van der Waals surface area (Å²) in [5.74, 6) is -1.43. The summed E-state index contributed by atoms with van der Waals surface area (Å²) in [5, 5.41) is 8.88. The van der Waals surface area contributed by atoms with Gasteiger partial charge in [0, 0.05) is 12.5 Å². The van der Waals surface area contributed by atoms with Gasteiger partial charge in [0.05, 0.1) is 0 Å². The lowest BCUT2D eigenvalue weighted by Gasteiger charge is -2.04. The number of hydrogen-bond donors (Lipinski definition) is 1. The van der Waals surface area contributed by atoms with Crippen LogP contribution in [0.4, 0.5) is 8.78 Å². The van der Waals surface area contributed by atoms with E-state index in [9.17, 15) is 13.6 Å². The molecule has 0 saturated heterocycles. The van der Waals surface area contributed by atoms with Crippen molar-refractivity contribution in [2.75, 3.05) is 0 Å². The second kappa shape index (κ2) is 4.09. The molecule has 1 aromatic rings. The van der Waals surface area contributed by atoms with Crippen LogP contribution in [0.25, 0.3) is 0 Å². The average molecular weight is 186 g/mol. The van der Waals surface area contributed by atoms with Crippen molar-refractivity contribution in [2.45, 2.75) is 12.5 Å². The van der Waals surface area contributed by atoms with Crippen LogP contribution in [0, 0.1) is 11.6 Å². The highest BCUT2D eigenvalue weighted by atomic mass is 19.1. The van der Waals surface area contributed by atoms with E-state index < -0.39 is 17.7 Å². The maximum Gasteiger partial charge on any atom is 0.148 e. The van der Waals surface area contributed by atoms with Crippen LogP contribution in [0.1, 0.15) is 5.56 Å². The zero-order chi connectivity index (χ0) is 9.84. The van der Waals surface area contributed by atoms with Gasteiger partial charge in [0.2, 0.25) is 0 Å². The zero-order valence-electron chi connectivity index (χ0n) is 6.71. The van der Waals surface area contributed by atoms with Crippen LogP contribution in [-0.2, 0) is 11.2 Å². The summed E-state index contributed by atoms with van der Waals surface area (Å²) in [5.41, 5.74) is 0.126. The number of hydrogen-bond acceptors (Lipinski definition) is 2. The quantitative estimate of drug-likeness (QED) is 0.717. The molecular weight excluding hydrogens is 178 g/mol. The maximum atomic E-state index is 12.9. The summed E-state index contributed by atoms with van der Waals surface area (Å²) in [6, 6.07) is 3.00. The second-order valence-corrected chi connectivity index (χ2v) is 2.64. The lowest BCUT2D eigenvalue weighted by Crippen LogP contribution is -2.12. The van der Waals surface area contributed by atoms with Crippen LogP contribution in [0.5, 0.6) is 0 Å². The largest absolute Gasteiger partial charge is 0.385 e. The summed E-state index contributed by atoms with van der Waals surface area (Å²) < 4.78 is 25.3. The van der Waals surface area contributed by atoms with Gasteiger partial charge in [-0.25, -0.2) is 8.78 Å². The molecule has 0 amide bonds. The van der Waals surface area contributed by atoms with Gasteiger partial charge in [0.1, 0.15) is 24.0 Å². The molecule has 1 aromatic carbocycles. The van der Waals surface area contributed by atoms with Crippen molar-refractivity contribution in [1.29, 1.82) is 0 Å². The molecule has 1 rings (SSSR count). The Balaban J connectivity index is 2.83. The van der Waals surface area contributed by atoms with Gasteiger partial charge in [-0.05, 0) is 11.6 Å². The molecule has 0 saturated carbocycles. The fourth-order valence-corrected chi connectivity index (χ4v) is 0.961. The van der Waals surface area contributed by atoms with E-state index >= 15 is 0 Å². The first-order valence-electron chi connectivity index (χ1n) is 3.71. The summed E-state index contributed by atoms with van der Waals surface area (Å²) in [4.78, 5) is 10.0. The van der Waals surface area contributed by atoms with E-state index in [4.69, 9.17) is 5.11 Å². The van der Waals surface area contributed by atoms with Crippen LogP contribution < -0.4 is 0 Å². The molecule has 1 atom stereocenters. The molecule has 0 heterocycles. The first kappa shape index (κ1) is 9.80. The van der Waals surface area contributed by atoms with E-state index in [1.165, 1.54) is 6.07 Å². The molecule has 0 aliphatic heterocycles. The van der Waals surface area contributed by atoms with Gasteiger partial charge in [-0.2, -0.15) is 0 Å². The molecule has 0 bridgehead atoms. The molecule has 70 valence electrons. The molecule has 0 spiro atoms. The molecule has 1 N–H and O–H groups in total. The van der Waals surface area contributed by atoms with Gasteiger partial charge in [0.25, 0.3) is 0 Å². The first-order chi connectivity index (χ1) is 6.13. The number of benzene rings is 1. The standard InChI is InChI=1S/C9H8F2O2/c10-7-2-1-6(9(11)4-7)3-8(13)5-12/h1-2,4-5,8,13H,3H2. The van der Waals surface area contributed by atoms with Crippen molar-refractivity contribution < 1.29 is 18.7 Å². The number of aliphatic hydroxyl groups excluding tert-OH is 1. The topological polar surface area (TPSA) is 37.3 Å². The zero-order valence-corrected chi connectivity index (χ0v) is 6.71. The van der Waals surface area contributed by atoms with Gasteiger partial charge in [-0.1, -0.05) is 6.07 Å². The predicted octanol–water partition coefficient (Wildman–Crippen LogP) is 1.07. The molecule has 2 nitrogen and oxygen atoms in total. The molecular formula is C9H8F2O2. The molecule has 0 aromatic heterocycles. The number of carbonyl (C=O) groups excluding carboxylic acids is 1. The van der Waals surface area contributed by atoms with Gasteiger partial charge < -0.3 is 9.90 Å². The Morgan fingerprint density at radius 1 is 1.46 bits per heavy atom. The highest BCUT2D eigenvalue weighted by molar-refractivity contribution is 5.56. The average Bonchev–Trinajstić information content (AvgIpc) is 2.09. The third-order valence-electron chi connectivity index (χ3n) is 1.60. The SMILES string of the molecule is O=CC(O)Cc1ccc(F)cc1F. The van der Waals surface area contributed by atoms with Crippen LogP contribution in [0.2, 0.25) is 0 Å². The van der Waals surface area contributed by atoms with Crippen molar-refractivity contribution >= 4 is 6.29 Å². The summed E-state index contributed by atoms with van der Waals surface area (Å²) in [7, 11) is 0. The molecule has 13 heavy (non-hydrogen) atoms. The summed E-state index contributed by atoms with van der Waals surface area (Å²) >= 11 is 0. The third-order valence-corrected chi connectivity index (χ3v) is 1.60. The Labute approximate surface area is 73.8 Å². The molecule has 1 unspecified atom stereocenters. The van der Waals surface area contributed by atoms with Crippen molar-refractivity contribution in [1.82, 2.24) is 0 Å². The second-order valence-electron chi connectivity index (χ2n) is 2.64. The minimum atomic E-state index is -1.24. The third kappa shape index (κ3) is 2.59. The lowest BCUT2D eigenvalue weighted by molar-refractivity contribution is -0.114. The minimum absolute atomic E-state index is 0.126. The Bertz CT molecular complexity index is 312. The molecule has 0 radical (unpaired) electrons. The van der Waals surface area contributed by atoms with Gasteiger partial charge in [-0.3, -0.25) is 0 Å². The summed E-state index contributed by atoms with van der Waals surface area (Å²) in [6.45, 7) is 0. The normalized spacial score (nSPS) is 12.5. The van der Waals surface area contributed by atoms with Crippen molar-refractivity contribution in [3.63, 3.8) is 0 Å². The number of rotatable bonds is 3. The van der Waals surface area contributed by atoms with Gasteiger partial charge >= 0.3 is 0 Å². The number of aldehydes is 1. The highest BCUT2D eigenvalue weighted by Crippen LogP contribution is 2.10. The number of halogens is 2.